The third-order valence-corrected chi connectivity index (χ3v) is 4.66. The number of terminal acetylenes is 1. The van der Waals surface area contributed by atoms with Gasteiger partial charge in [0, 0.05) is 171 Å². The van der Waals surface area contributed by atoms with Gasteiger partial charge in [-0.3, -0.25) is 0 Å². The van der Waals surface area contributed by atoms with E-state index in [9.17, 15) is 0 Å². The third kappa shape index (κ3) is 49.3. The summed E-state index contributed by atoms with van der Waals surface area (Å²) in [6, 6.07) is 0. The highest BCUT2D eigenvalue weighted by Crippen LogP contribution is 2.18. The molecule has 0 spiro atoms. The number of thioether (sulfide) groups is 1. The maximum Gasteiger partial charge on any atom is 0.00723 e. The molecule has 0 amide bonds. The van der Waals surface area contributed by atoms with Crippen LogP contribution >= 0.6 is 11.8 Å². The highest BCUT2D eigenvalue weighted by molar-refractivity contribution is 7.99. The maximum absolute atomic E-state index is 4.94. The second kappa shape index (κ2) is 40.3. The van der Waals surface area contributed by atoms with Gasteiger partial charge in [-0.25, -0.2) is 0 Å². The summed E-state index contributed by atoms with van der Waals surface area (Å²) < 4.78 is 0.458. The van der Waals surface area contributed by atoms with Crippen LogP contribution < -0.4 is 0 Å². The molecule has 53 heavy (non-hydrogen) atoms. The van der Waals surface area contributed by atoms with Crippen molar-refractivity contribution in [1.82, 2.24) is 0 Å². The lowest BCUT2D eigenvalue weighted by atomic mass is 10.3. The van der Waals surface area contributed by atoms with Gasteiger partial charge in [-0.1, -0.05) is 26.7 Å². The summed E-state index contributed by atoms with van der Waals surface area (Å²) >= 11 is 1.88. The second-order valence-corrected chi connectivity index (χ2v) is 9.72. The highest BCUT2D eigenvalue weighted by Gasteiger charge is 2.04. The number of hydrogen-bond acceptors (Lipinski definition) is 1. The van der Waals surface area contributed by atoms with Gasteiger partial charge in [0.15, 0.2) is 0 Å². The average molecular weight is 673 g/mol. The molecule has 0 aliphatic heterocycles. The minimum atomic E-state index is 0.458. The Morgan fingerprint density at radius 1 is 0.264 bits per heavy atom. The first-order valence-corrected chi connectivity index (χ1v) is 15.1. The lowest BCUT2D eigenvalue weighted by Gasteiger charge is -2.12. The molecule has 0 aromatic heterocycles. The van der Waals surface area contributed by atoms with Crippen LogP contribution in [0.3, 0.4) is 0 Å². The molecule has 0 unspecified atom stereocenters. The molecule has 0 heterocycles. The molecule has 1 heteroatoms. The normalized spacial score (nSPS) is 4.83. The predicted octanol–water partition coefficient (Wildman–Crippen LogP) is 2.86. The van der Waals surface area contributed by atoms with Crippen molar-refractivity contribution in [2.24, 2.45) is 0 Å². The van der Waals surface area contributed by atoms with Crippen LogP contribution in [0.15, 0.2) is 0 Å². The summed E-state index contributed by atoms with van der Waals surface area (Å²) in [5, 5.41) is 0. The summed E-state index contributed by atoms with van der Waals surface area (Å²) in [4.78, 5) is 0. The Balaban J connectivity index is 0. The van der Waals surface area contributed by atoms with Gasteiger partial charge in [-0.15, -0.1) is 6.42 Å². The Bertz CT molecular complexity index is 2930. The molecular formula is C52H16S. The first-order chi connectivity index (χ1) is 26.0. The summed E-state index contributed by atoms with van der Waals surface area (Å²) in [5.74, 6) is 112. The van der Waals surface area contributed by atoms with Crippen LogP contribution in [0.4, 0.5) is 0 Å². The quantitative estimate of drug-likeness (QED) is 0.357. The van der Waals surface area contributed by atoms with Gasteiger partial charge in [0.05, 0.1) is 0 Å². The van der Waals surface area contributed by atoms with Crippen molar-refractivity contribution in [1.29, 1.82) is 0 Å². The maximum atomic E-state index is 4.94. The highest BCUT2D eigenvalue weighted by atomic mass is 32.2. The van der Waals surface area contributed by atoms with Crippen molar-refractivity contribution in [3.63, 3.8) is 0 Å². The molecule has 0 aliphatic rings. The average Bonchev–Trinajstić information content (AvgIpc) is 3.15. The zero-order chi connectivity index (χ0) is 39.0. The minimum absolute atomic E-state index is 0.458. The molecule has 0 radical (unpaired) electrons. The standard InChI is InChI=1S/C47H4.C5H12S/c1-3-5-7-9-11-13-15-17-19-21-23-25-27-29-31-33-35-37-39-41-43-45-47-46-44-42-40-38-36-34-32-30-28-26-24-22-20-18-16-14-12-10-8-6-4-2;1-5(2,3)6-4/h1H,2H3;1-4H3. The Morgan fingerprint density at radius 2 is 0.377 bits per heavy atom. The van der Waals surface area contributed by atoms with E-state index in [4.69, 9.17) is 6.42 Å². The molecule has 0 rings (SSSR count). The first kappa shape index (κ1) is 45.4. The van der Waals surface area contributed by atoms with Crippen molar-refractivity contribution in [2.75, 3.05) is 6.26 Å². The van der Waals surface area contributed by atoms with Crippen molar-refractivity contribution in [3.05, 3.63) is 0 Å². The Morgan fingerprint density at radius 3 is 0.472 bits per heavy atom. The molecule has 0 aromatic carbocycles. The van der Waals surface area contributed by atoms with Crippen LogP contribution in [0.1, 0.15) is 27.7 Å². The molecule has 0 saturated carbocycles. The molecule has 230 valence electrons. The zero-order valence-electron chi connectivity index (χ0n) is 29.0. The molecule has 0 bridgehead atoms. The Kier molecular flexibility index (Phi) is 34.4. The summed E-state index contributed by atoms with van der Waals surface area (Å²) in [6.45, 7) is 8.31. The van der Waals surface area contributed by atoms with E-state index in [1.54, 1.807) is 6.92 Å². The van der Waals surface area contributed by atoms with E-state index in [0.29, 0.717) is 4.75 Å². The van der Waals surface area contributed by atoms with E-state index in [2.05, 4.69) is 293 Å². The zero-order valence-corrected chi connectivity index (χ0v) is 29.8. The van der Waals surface area contributed by atoms with E-state index < -0.39 is 0 Å². The number of hydrogen-bond donors (Lipinski definition) is 0. The largest absolute Gasteiger partial charge is 0.159 e. The van der Waals surface area contributed by atoms with E-state index in [1.807, 2.05) is 11.8 Å². The van der Waals surface area contributed by atoms with Crippen LogP contribution in [0.25, 0.3) is 0 Å². The van der Waals surface area contributed by atoms with E-state index in [-0.39, 0.29) is 0 Å². The van der Waals surface area contributed by atoms with Crippen molar-refractivity contribution >= 4 is 11.8 Å². The van der Waals surface area contributed by atoms with E-state index in [1.165, 1.54) is 0 Å². The lowest BCUT2D eigenvalue weighted by Crippen LogP contribution is -2.04. The number of rotatable bonds is 0. The Hall–Kier alpha value is -9.77. The fourth-order valence-corrected chi connectivity index (χ4v) is 1.38. The molecule has 0 fully saturated rings. The predicted molar refractivity (Wildman–Crippen MR) is 219 cm³/mol. The van der Waals surface area contributed by atoms with Gasteiger partial charge in [-0.05, 0) is 108 Å². The van der Waals surface area contributed by atoms with Crippen molar-refractivity contribution in [2.45, 2.75) is 32.4 Å². The lowest BCUT2D eigenvalue weighted by molar-refractivity contribution is 0.806. The molecular weight excluding hydrogens is 657 g/mol. The van der Waals surface area contributed by atoms with Gasteiger partial charge in [0.2, 0.25) is 0 Å². The molecule has 0 nitrogen and oxygen atoms in total. The van der Waals surface area contributed by atoms with Crippen LogP contribution in [0.2, 0.25) is 0 Å². The summed E-state index contributed by atoms with van der Waals surface area (Å²) in [5.41, 5.74) is 0. The van der Waals surface area contributed by atoms with Crippen LogP contribution in [-0.2, 0) is 0 Å². The van der Waals surface area contributed by atoms with Gasteiger partial charge in [-0.2, -0.15) is 11.8 Å². The first-order valence-electron chi connectivity index (χ1n) is 13.9. The van der Waals surface area contributed by atoms with Crippen LogP contribution in [0, 0.1) is 273 Å². The second-order valence-electron chi connectivity index (χ2n) is 8.09. The van der Waals surface area contributed by atoms with Crippen molar-refractivity contribution in [3.8, 4) is 273 Å². The van der Waals surface area contributed by atoms with Crippen LogP contribution in [0.5, 0.6) is 0 Å². The minimum Gasteiger partial charge on any atom is -0.159 e. The topological polar surface area (TPSA) is 0 Å². The van der Waals surface area contributed by atoms with E-state index in [0.717, 1.165) is 0 Å². The van der Waals surface area contributed by atoms with Crippen LogP contribution in [-0.4, -0.2) is 11.0 Å². The molecule has 0 atom stereocenters. The van der Waals surface area contributed by atoms with Crippen molar-refractivity contribution < 1.29 is 0 Å². The summed E-state index contributed by atoms with van der Waals surface area (Å²) in [6.07, 6.45) is 7.06. The van der Waals surface area contributed by atoms with E-state index >= 15 is 0 Å². The molecule has 0 aromatic rings. The van der Waals surface area contributed by atoms with Gasteiger partial charge in [0.1, 0.15) is 0 Å². The monoisotopic (exact) mass is 672 g/mol. The fourth-order valence-electron chi connectivity index (χ4n) is 1.38. The Labute approximate surface area is 321 Å². The third-order valence-electron chi connectivity index (χ3n) is 3.43. The van der Waals surface area contributed by atoms with Gasteiger partial charge in [0.25, 0.3) is 0 Å². The molecule has 0 saturated heterocycles. The smallest absolute Gasteiger partial charge is 0.00723 e. The van der Waals surface area contributed by atoms with Gasteiger partial charge < -0.3 is 0 Å². The fraction of sp³-hybridized carbons (Fsp3) is 0.115. The van der Waals surface area contributed by atoms with Gasteiger partial charge >= 0.3 is 0 Å². The summed E-state index contributed by atoms with van der Waals surface area (Å²) in [7, 11) is 0. The SMILES string of the molecule is C#CC#CC#CC#CC#CC#CC#CC#CC#CC#CC#CC#CC#CC#CC#CC#CC#CC#CC#CC#CC#CC#CC#CC.CSC(C)(C)C. The molecule has 0 N–H and O–H groups in total. The molecule has 0 aliphatic carbocycles.